The molecule has 0 aliphatic heterocycles. The highest BCUT2D eigenvalue weighted by Crippen LogP contribution is 2.18. The van der Waals surface area contributed by atoms with Crippen molar-refractivity contribution in [3.05, 3.63) is 18.1 Å². The fourth-order valence-corrected chi connectivity index (χ4v) is 1.26. The molecule has 4 nitrogen and oxygen atoms in total. The Balaban J connectivity index is 2.82. The highest BCUT2D eigenvalue weighted by molar-refractivity contribution is 5.86. The van der Waals surface area contributed by atoms with Gasteiger partial charge >= 0.3 is 0 Å². The van der Waals surface area contributed by atoms with Crippen molar-refractivity contribution in [2.24, 2.45) is 0 Å². The third-order valence-corrected chi connectivity index (χ3v) is 1.94. The molecule has 0 aliphatic rings. The van der Waals surface area contributed by atoms with Gasteiger partial charge in [-0.05, 0) is 12.0 Å². The van der Waals surface area contributed by atoms with Gasteiger partial charge in [0.25, 0.3) is 0 Å². The molecule has 12 heavy (non-hydrogen) atoms. The van der Waals surface area contributed by atoms with Crippen LogP contribution in [-0.4, -0.2) is 15.0 Å². The number of aromatic amines is 1. The maximum atomic E-state index is 5.64. The number of nitrogens with one attached hydrogen (secondary N) is 1. The number of imidazole rings is 1. The summed E-state index contributed by atoms with van der Waals surface area (Å²) in [7, 11) is 0. The van der Waals surface area contributed by atoms with Crippen LogP contribution in [0.4, 0.5) is 5.82 Å². The van der Waals surface area contributed by atoms with Gasteiger partial charge in [0.2, 0.25) is 0 Å². The first-order valence-electron chi connectivity index (χ1n) is 3.89. The molecule has 0 aromatic carbocycles. The second kappa shape index (κ2) is 2.48. The molecule has 0 saturated carbocycles. The lowest BCUT2D eigenvalue weighted by Crippen LogP contribution is -1.94. The molecule has 0 radical (unpaired) electrons. The summed E-state index contributed by atoms with van der Waals surface area (Å²) in [5, 5.41) is 0. The lowest BCUT2D eigenvalue weighted by Gasteiger charge is -1.98. The van der Waals surface area contributed by atoms with Crippen molar-refractivity contribution >= 4 is 16.9 Å². The number of H-pyrrole nitrogens is 1. The Hall–Kier alpha value is -1.58. The minimum Gasteiger partial charge on any atom is -0.382 e. The van der Waals surface area contributed by atoms with Crippen LogP contribution < -0.4 is 5.73 Å². The molecule has 2 aromatic heterocycles. The van der Waals surface area contributed by atoms with Gasteiger partial charge < -0.3 is 10.7 Å². The first kappa shape index (κ1) is 7.09. The number of hydrogen-bond acceptors (Lipinski definition) is 3. The number of anilines is 1. The first-order valence-corrected chi connectivity index (χ1v) is 3.89. The van der Waals surface area contributed by atoms with Gasteiger partial charge in [-0.3, -0.25) is 0 Å². The first-order chi connectivity index (χ1) is 5.83. The zero-order valence-corrected chi connectivity index (χ0v) is 6.83. The van der Waals surface area contributed by atoms with Gasteiger partial charge in [0, 0.05) is 6.20 Å². The van der Waals surface area contributed by atoms with Crippen LogP contribution in [0.25, 0.3) is 11.0 Å². The van der Waals surface area contributed by atoms with Crippen LogP contribution >= 0.6 is 0 Å². The minimum atomic E-state index is 0.514. The van der Waals surface area contributed by atoms with E-state index in [4.69, 9.17) is 5.73 Å². The monoisotopic (exact) mass is 162 g/mol. The third-order valence-electron chi connectivity index (χ3n) is 1.94. The predicted octanol–water partition coefficient (Wildman–Crippen LogP) is 1.10. The van der Waals surface area contributed by atoms with E-state index in [0.29, 0.717) is 5.82 Å². The van der Waals surface area contributed by atoms with Crippen molar-refractivity contribution in [2.75, 3.05) is 5.73 Å². The molecule has 3 N–H and O–H groups in total. The van der Waals surface area contributed by atoms with Crippen molar-refractivity contribution in [3.63, 3.8) is 0 Å². The predicted molar refractivity (Wildman–Crippen MR) is 47.7 cm³/mol. The summed E-state index contributed by atoms with van der Waals surface area (Å²) in [6, 6.07) is 0. The fraction of sp³-hybridized carbons (Fsp3) is 0.250. The Kier molecular flexibility index (Phi) is 1.46. The number of hydrogen-bond donors (Lipinski definition) is 2. The van der Waals surface area contributed by atoms with Crippen LogP contribution in [0.3, 0.4) is 0 Å². The summed E-state index contributed by atoms with van der Waals surface area (Å²) in [5.41, 5.74) is 8.54. The van der Waals surface area contributed by atoms with Crippen molar-refractivity contribution in [2.45, 2.75) is 13.3 Å². The quantitative estimate of drug-likeness (QED) is 0.659. The Morgan fingerprint density at radius 2 is 2.33 bits per heavy atom. The van der Waals surface area contributed by atoms with Crippen molar-refractivity contribution in [3.8, 4) is 0 Å². The highest BCUT2D eigenvalue weighted by atomic mass is 14.9. The van der Waals surface area contributed by atoms with Gasteiger partial charge in [0.05, 0.1) is 11.8 Å². The lowest BCUT2D eigenvalue weighted by molar-refractivity contribution is 1.12. The van der Waals surface area contributed by atoms with Crippen molar-refractivity contribution in [1.29, 1.82) is 0 Å². The van der Waals surface area contributed by atoms with E-state index in [9.17, 15) is 0 Å². The second-order valence-electron chi connectivity index (χ2n) is 2.65. The van der Waals surface area contributed by atoms with Gasteiger partial charge in [0.1, 0.15) is 11.3 Å². The zero-order valence-electron chi connectivity index (χ0n) is 6.83. The van der Waals surface area contributed by atoms with E-state index in [1.54, 1.807) is 12.5 Å². The van der Waals surface area contributed by atoms with Crippen LogP contribution in [0.15, 0.2) is 12.5 Å². The number of pyridine rings is 1. The number of nitrogens with zero attached hydrogens (tertiary/aromatic N) is 2. The van der Waals surface area contributed by atoms with Gasteiger partial charge in [-0.1, -0.05) is 6.92 Å². The average Bonchev–Trinajstić information content (AvgIpc) is 2.54. The normalized spacial score (nSPS) is 10.8. The molecular weight excluding hydrogens is 152 g/mol. The molecule has 0 fully saturated rings. The molecule has 2 rings (SSSR count). The van der Waals surface area contributed by atoms with Gasteiger partial charge in [-0.15, -0.1) is 0 Å². The summed E-state index contributed by atoms with van der Waals surface area (Å²) in [5.74, 6) is 0.514. The largest absolute Gasteiger partial charge is 0.382 e. The summed E-state index contributed by atoms with van der Waals surface area (Å²) >= 11 is 0. The van der Waals surface area contributed by atoms with Crippen LogP contribution in [0, 0.1) is 0 Å². The Bertz CT molecular complexity index is 404. The number of aromatic nitrogens is 3. The summed E-state index contributed by atoms with van der Waals surface area (Å²) in [6.07, 6.45) is 4.34. The molecule has 2 heterocycles. The Morgan fingerprint density at radius 1 is 1.50 bits per heavy atom. The number of nitrogens with two attached hydrogens (primary N) is 1. The second-order valence-corrected chi connectivity index (χ2v) is 2.65. The molecule has 0 aliphatic carbocycles. The van der Waals surface area contributed by atoms with E-state index in [-0.39, 0.29) is 0 Å². The summed E-state index contributed by atoms with van der Waals surface area (Å²) < 4.78 is 0. The molecule has 0 atom stereocenters. The van der Waals surface area contributed by atoms with E-state index in [2.05, 4.69) is 21.9 Å². The van der Waals surface area contributed by atoms with Gasteiger partial charge in [-0.2, -0.15) is 0 Å². The maximum Gasteiger partial charge on any atom is 0.149 e. The Labute approximate surface area is 69.8 Å². The summed E-state index contributed by atoms with van der Waals surface area (Å²) in [4.78, 5) is 11.2. The van der Waals surface area contributed by atoms with Crippen molar-refractivity contribution < 1.29 is 0 Å². The molecule has 62 valence electrons. The maximum absolute atomic E-state index is 5.64. The van der Waals surface area contributed by atoms with Crippen LogP contribution in [-0.2, 0) is 6.42 Å². The molecule has 0 saturated heterocycles. The number of nitrogen functional groups attached to an aromatic ring is 1. The zero-order chi connectivity index (χ0) is 8.55. The molecule has 0 spiro atoms. The fourth-order valence-electron chi connectivity index (χ4n) is 1.26. The molecule has 4 heteroatoms. The topological polar surface area (TPSA) is 67.6 Å². The molecule has 0 bridgehead atoms. The van der Waals surface area contributed by atoms with Crippen LogP contribution in [0.2, 0.25) is 0 Å². The molecule has 2 aromatic rings. The van der Waals surface area contributed by atoms with E-state index in [1.807, 2.05) is 0 Å². The highest BCUT2D eigenvalue weighted by Gasteiger charge is 2.05. The summed E-state index contributed by atoms with van der Waals surface area (Å²) in [6.45, 7) is 2.07. The third kappa shape index (κ3) is 0.845. The Morgan fingerprint density at radius 3 is 3.08 bits per heavy atom. The number of fused-ring (bicyclic) bond motifs is 1. The number of rotatable bonds is 1. The molecular formula is C8H10N4. The number of aryl methyl sites for hydroxylation is 1. The van der Waals surface area contributed by atoms with Crippen LogP contribution in [0.5, 0.6) is 0 Å². The van der Waals surface area contributed by atoms with E-state index in [1.165, 1.54) is 0 Å². The van der Waals surface area contributed by atoms with E-state index >= 15 is 0 Å². The smallest absolute Gasteiger partial charge is 0.149 e. The minimum absolute atomic E-state index is 0.514. The SMILES string of the molecule is CCc1cnc(N)c2[nH]cnc12. The average molecular weight is 162 g/mol. The molecule has 0 amide bonds. The molecule has 0 unspecified atom stereocenters. The standard InChI is InChI=1S/C8H10N4/c1-2-5-3-10-8(9)7-6(5)11-4-12-7/h3-4H,2H2,1H3,(H2,9,10)(H,11,12). The van der Waals surface area contributed by atoms with E-state index in [0.717, 1.165) is 23.0 Å². The van der Waals surface area contributed by atoms with Gasteiger partial charge in [0.15, 0.2) is 0 Å². The lowest BCUT2D eigenvalue weighted by atomic mass is 10.2. The van der Waals surface area contributed by atoms with E-state index < -0.39 is 0 Å². The van der Waals surface area contributed by atoms with Crippen LogP contribution in [0.1, 0.15) is 12.5 Å². The van der Waals surface area contributed by atoms with Gasteiger partial charge in [-0.25, -0.2) is 9.97 Å². The van der Waals surface area contributed by atoms with Crippen molar-refractivity contribution in [1.82, 2.24) is 15.0 Å².